The van der Waals surface area contributed by atoms with Crippen molar-refractivity contribution in [2.24, 2.45) is 0 Å². The SMILES string of the molecule is C[Si](C)(C)CCOCn1ccc2c(-c3cnc(C(CC#N)CC#N)s3)ncnc21. The van der Waals surface area contributed by atoms with E-state index in [2.05, 4.69) is 46.7 Å². The van der Waals surface area contributed by atoms with Crippen LogP contribution in [0.2, 0.25) is 25.7 Å². The number of nitrogens with zero attached hydrogens (tertiary/aromatic N) is 6. The van der Waals surface area contributed by atoms with Gasteiger partial charge in [0, 0.05) is 51.2 Å². The lowest BCUT2D eigenvalue weighted by atomic mass is 10.0. The molecule has 0 aliphatic rings. The molecule has 3 rings (SSSR count). The third-order valence-corrected chi connectivity index (χ3v) is 7.44. The summed E-state index contributed by atoms with van der Waals surface area (Å²) in [6.07, 6.45) is 5.85. The van der Waals surface area contributed by atoms with E-state index in [4.69, 9.17) is 15.3 Å². The number of nitriles is 2. The third-order valence-electron chi connectivity index (χ3n) is 4.56. The van der Waals surface area contributed by atoms with Crippen molar-refractivity contribution < 1.29 is 4.74 Å². The second kappa shape index (κ2) is 9.27. The number of thiazole rings is 1. The van der Waals surface area contributed by atoms with E-state index >= 15 is 0 Å². The van der Waals surface area contributed by atoms with E-state index in [0.29, 0.717) is 6.73 Å². The van der Waals surface area contributed by atoms with E-state index in [1.165, 1.54) is 11.3 Å². The summed E-state index contributed by atoms with van der Waals surface area (Å²) in [5.41, 5.74) is 1.64. The van der Waals surface area contributed by atoms with Crippen molar-refractivity contribution in [3.8, 4) is 22.7 Å². The van der Waals surface area contributed by atoms with E-state index in [1.807, 2.05) is 16.8 Å². The molecule has 0 N–H and O–H groups in total. The first-order chi connectivity index (χ1) is 13.9. The minimum absolute atomic E-state index is 0.162. The van der Waals surface area contributed by atoms with Crippen molar-refractivity contribution in [2.75, 3.05) is 6.61 Å². The monoisotopic (exact) mass is 424 g/mol. The fourth-order valence-corrected chi connectivity index (χ4v) is 4.68. The van der Waals surface area contributed by atoms with Gasteiger partial charge in [0.1, 0.15) is 18.7 Å². The van der Waals surface area contributed by atoms with E-state index < -0.39 is 8.07 Å². The highest BCUT2D eigenvalue weighted by Gasteiger charge is 2.18. The highest BCUT2D eigenvalue weighted by molar-refractivity contribution is 7.15. The van der Waals surface area contributed by atoms with E-state index in [1.54, 1.807) is 12.5 Å². The zero-order chi connectivity index (χ0) is 20.9. The Morgan fingerprint density at radius 3 is 2.62 bits per heavy atom. The topological polar surface area (TPSA) is 100 Å². The van der Waals surface area contributed by atoms with Gasteiger partial charge in [-0.15, -0.1) is 11.3 Å². The molecule has 0 atom stereocenters. The van der Waals surface area contributed by atoms with Crippen LogP contribution in [-0.4, -0.2) is 34.2 Å². The molecule has 0 unspecified atom stereocenters. The largest absolute Gasteiger partial charge is 0.361 e. The number of rotatable bonds is 9. The van der Waals surface area contributed by atoms with Crippen LogP contribution in [0.1, 0.15) is 23.8 Å². The standard InChI is InChI=1S/C20H24N6OSSi/c1-29(2,3)11-10-27-14-26-9-6-16-18(24-13-25-19(16)26)17-12-23-20(28-17)15(4-7-21)5-8-22/h6,9,12-13,15H,4-5,10-11,14H2,1-3H3. The summed E-state index contributed by atoms with van der Waals surface area (Å²) in [6.45, 7) is 8.22. The summed E-state index contributed by atoms with van der Waals surface area (Å²) < 4.78 is 7.85. The third kappa shape index (κ3) is 5.27. The van der Waals surface area contributed by atoms with Crippen LogP contribution in [0.3, 0.4) is 0 Å². The normalized spacial score (nSPS) is 11.7. The van der Waals surface area contributed by atoms with Crippen LogP contribution in [0.25, 0.3) is 21.6 Å². The molecule has 0 saturated carbocycles. The van der Waals surface area contributed by atoms with Crippen LogP contribution in [0.15, 0.2) is 24.8 Å². The van der Waals surface area contributed by atoms with Gasteiger partial charge in [-0.25, -0.2) is 15.0 Å². The Bertz CT molecular complexity index is 1040. The second-order valence-corrected chi connectivity index (χ2v) is 14.8. The summed E-state index contributed by atoms with van der Waals surface area (Å²) in [5, 5.41) is 19.8. The molecule has 150 valence electrons. The Balaban J connectivity index is 1.80. The van der Waals surface area contributed by atoms with Crippen molar-refractivity contribution in [3.63, 3.8) is 0 Å². The molecule has 0 spiro atoms. The maximum Gasteiger partial charge on any atom is 0.145 e. The minimum atomic E-state index is -1.11. The van der Waals surface area contributed by atoms with Gasteiger partial charge in [0.05, 0.1) is 27.7 Å². The highest BCUT2D eigenvalue weighted by Crippen LogP contribution is 2.34. The fourth-order valence-electron chi connectivity index (χ4n) is 2.90. The molecule has 0 fully saturated rings. The average Bonchev–Trinajstić information content (AvgIpc) is 3.32. The number of ether oxygens (including phenoxy) is 1. The molecular formula is C20H24N6OSSi. The molecular weight excluding hydrogens is 400 g/mol. The van der Waals surface area contributed by atoms with Crippen LogP contribution in [0.5, 0.6) is 0 Å². The summed E-state index contributed by atoms with van der Waals surface area (Å²) in [4.78, 5) is 14.3. The van der Waals surface area contributed by atoms with Crippen LogP contribution < -0.4 is 0 Å². The van der Waals surface area contributed by atoms with Crippen molar-refractivity contribution in [3.05, 3.63) is 29.8 Å². The van der Waals surface area contributed by atoms with Gasteiger partial charge in [0.15, 0.2) is 0 Å². The summed E-state index contributed by atoms with van der Waals surface area (Å²) >= 11 is 1.48. The van der Waals surface area contributed by atoms with E-state index in [9.17, 15) is 0 Å². The van der Waals surface area contributed by atoms with Crippen molar-refractivity contribution >= 4 is 30.4 Å². The predicted octanol–water partition coefficient (Wildman–Crippen LogP) is 4.78. The van der Waals surface area contributed by atoms with Crippen molar-refractivity contribution in [1.82, 2.24) is 19.5 Å². The number of hydrogen-bond donors (Lipinski definition) is 0. The highest BCUT2D eigenvalue weighted by atomic mass is 32.1. The molecule has 0 bridgehead atoms. The fraction of sp³-hybridized carbons (Fsp3) is 0.450. The molecule has 0 saturated heterocycles. The molecule has 3 aromatic heterocycles. The molecule has 0 radical (unpaired) electrons. The maximum absolute atomic E-state index is 9.01. The van der Waals surface area contributed by atoms with Gasteiger partial charge in [-0.2, -0.15) is 10.5 Å². The molecule has 9 heteroatoms. The van der Waals surface area contributed by atoms with Gasteiger partial charge in [-0.1, -0.05) is 19.6 Å². The summed E-state index contributed by atoms with van der Waals surface area (Å²) in [6, 6.07) is 7.41. The molecule has 3 heterocycles. The Labute approximate surface area is 175 Å². The lowest BCUT2D eigenvalue weighted by Gasteiger charge is -2.15. The predicted molar refractivity (Wildman–Crippen MR) is 116 cm³/mol. The van der Waals surface area contributed by atoms with Crippen LogP contribution in [0.4, 0.5) is 0 Å². The molecule has 0 aliphatic carbocycles. The van der Waals surface area contributed by atoms with Gasteiger partial charge in [-0.3, -0.25) is 0 Å². The quantitative estimate of drug-likeness (QED) is 0.362. The zero-order valence-electron chi connectivity index (χ0n) is 16.9. The first-order valence-corrected chi connectivity index (χ1v) is 14.0. The molecule has 0 aliphatic heterocycles. The molecule has 29 heavy (non-hydrogen) atoms. The lowest BCUT2D eigenvalue weighted by molar-refractivity contribution is 0.0899. The second-order valence-electron chi connectivity index (χ2n) is 8.08. The van der Waals surface area contributed by atoms with Gasteiger partial charge >= 0.3 is 0 Å². The molecule has 0 amide bonds. The Kier molecular flexibility index (Phi) is 6.75. The van der Waals surface area contributed by atoms with Gasteiger partial charge in [0.25, 0.3) is 0 Å². The van der Waals surface area contributed by atoms with Crippen molar-refractivity contribution in [1.29, 1.82) is 10.5 Å². The van der Waals surface area contributed by atoms with E-state index in [0.717, 1.165) is 39.3 Å². The van der Waals surface area contributed by atoms with Crippen LogP contribution in [-0.2, 0) is 11.5 Å². The average molecular weight is 425 g/mol. The smallest absolute Gasteiger partial charge is 0.145 e. The van der Waals surface area contributed by atoms with Crippen LogP contribution in [0, 0.1) is 22.7 Å². The van der Waals surface area contributed by atoms with Crippen molar-refractivity contribution in [2.45, 2.75) is 51.2 Å². The van der Waals surface area contributed by atoms with Gasteiger partial charge in [0.2, 0.25) is 0 Å². The molecule has 7 nitrogen and oxygen atoms in total. The number of fused-ring (bicyclic) bond motifs is 1. The number of hydrogen-bond acceptors (Lipinski definition) is 7. The van der Waals surface area contributed by atoms with Gasteiger partial charge in [-0.05, 0) is 12.1 Å². The van der Waals surface area contributed by atoms with Gasteiger partial charge < -0.3 is 9.30 Å². The molecule has 3 aromatic rings. The Morgan fingerprint density at radius 2 is 1.93 bits per heavy atom. The van der Waals surface area contributed by atoms with E-state index in [-0.39, 0.29) is 18.8 Å². The first-order valence-electron chi connectivity index (χ1n) is 9.50. The minimum Gasteiger partial charge on any atom is -0.361 e. The summed E-state index contributed by atoms with van der Waals surface area (Å²) in [7, 11) is -1.11. The number of aromatic nitrogens is 4. The maximum atomic E-state index is 9.01. The first kappa shape index (κ1) is 21.1. The summed E-state index contributed by atoms with van der Waals surface area (Å²) in [5.74, 6) is -0.162. The lowest BCUT2D eigenvalue weighted by Crippen LogP contribution is -2.22. The zero-order valence-corrected chi connectivity index (χ0v) is 18.7. The Hall–Kier alpha value is -2.59. The molecule has 0 aromatic carbocycles. The Morgan fingerprint density at radius 1 is 1.17 bits per heavy atom. The van der Waals surface area contributed by atoms with Crippen LogP contribution >= 0.6 is 11.3 Å².